The van der Waals surface area contributed by atoms with Crippen LogP contribution in [0.3, 0.4) is 0 Å². The van der Waals surface area contributed by atoms with E-state index in [1.54, 1.807) is 18.3 Å². The molecule has 26 heavy (non-hydrogen) atoms. The van der Waals surface area contributed by atoms with Gasteiger partial charge in [0.15, 0.2) is 5.82 Å². The molecule has 6 heteroatoms. The van der Waals surface area contributed by atoms with Crippen molar-refractivity contribution in [3.63, 3.8) is 0 Å². The molecule has 0 bridgehead atoms. The Morgan fingerprint density at radius 3 is 2.85 bits per heavy atom. The lowest BCUT2D eigenvalue weighted by atomic mass is 10.1. The summed E-state index contributed by atoms with van der Waals surface area (Å²) < 4.78 is 0. The molecule has 4 aromatic rings. The summed E-state index contributed by atoms with van der Waals surface area (Å²) in [6.07, 6.45) is 3.69. The van der Waals surface area contributed by atoms with E-state index in [1.165, 1.54) is 0 Å². The molecule has 1 aromatic carbocycles. The summed E-state index contributed by atoms with van der Waals surface area (Å²) in [6, 6.07) is 18.1. The van der Waals surface area contributed by atoms with E-state index in [-0.39, 0.29) is 0 Å². The molecule has 0 radical (unpaired) electrons. The van der Waals surface area contributed by atoms with Crippen molar-refractivity contribution in [1.29, 1.82) is 0 Å². The van der Waals surface area contributed by atoms with Gasteiger partial charge in [-0.25, -0.2) is 10.8 Å². The number of anilines is 2. The fourth-order valence-electron chi connectivity index (χ4n) is 2.93. The smallest absolute Gasteiger partial charge is 0.152 e. The van der Waals surface area contributed by atoms with Crippen molar-refractivity contribution in [2.24, 2.45) is 5.84 Å². The first-order chi connectivity index (χ1) is 12.7. The minimum absolute atomic E-state index is 0.646. The molecular weight excluding hydrogens is 324 g/mol. The number of fused-ring (bicyclic) bond motifs is 1. The lowest BCUT2D eigenvalue weighted by Gasteiger charge is -2.18. The Kier molecular flexibility index (Phi) is 4.25. The summed E-state index contributed by atoms with van der Waals surface area (Å²) in [6.45, 7) is 0.646. The summed E-state index contributed by atoms with van der Waals surface area (Å²) in [7, 11) is 1.80. The van der Waals surface area contributed by atoms with Gasteiger partial charge in [-0.2, -0.15) is 0 Å². The van der Waals surface area contributed by atoms with E-state index in [0.29, 0.717) is 6.54 Å². The average Bonchev–Trinajstić information content (AvgIpc) is 3.20. The van der Waals surface area contributed by atoms with Crippen LogP contribution in [0, 0.1) is 0 Å². The van der Waals surface area contributed by atoms with Crippen LogP contribution in [-0.2, 0) is 6.54 Å². The van der Waals surface area contributed by atoms with Gasteiger partial charge < -0.3 is 15.3 Å². The van der Waals surface area contributed by atoms with Crippen LogP contribution < -0.4 is 16.2 Å². The van der Waals surface area contributed by atoms with Crippen molar-refractivity contribution in [1.82, 2.24) is 15.0 Å². The zero-order chi connectivity index (χ0) is 17.9. The van der Waals surface area contributed by atoms with E-state index in [9.17, 15) is 0 Å². The molecule has 0 fully saturated rings. The van der Waals surface area contributed by atoms with Gasteiger partial charge in [0.25, 0.3) is 0 Å². The zero-order valence-corrected chi connectivity index (χ0v) is 14.5. The number of H-pyrrole nitrogens is 1. The van der Waals surface area contributed by atoms with Crippen molar-refractivity contribution in [2.45, 2.75) is 6.54 Å². The predicted octanol–water partition coefficient (Wildman–Crippen LogP) is 3.55. The molecule has 0 aliphatic rings. The minimum Gasteiger partial charge on any atom is -0.364 e. The number of rotatable bonds is 5. The number of nitrogens with two attached hydrogens (primary N) is 1. The number of aromatic nitrogens is 3. The van der Waals surface area contributed by atoms with Crippen molar-refractivity contribution >= 4 is 22.4 Å². The number of benzene rings is 1. The Balaban J connectivity index is 1.62. The SMILES string of the molecule is CN(N)c1ccc(-c2ccc[nH]2)nc1NCc1ccc2ncccc2c1. The van der Waals surface area contributed by atoms with E-state index in [2.05, 4.69) is 33.5 Å². The number of hydrogen-bond donors (Lipinski definition) is 3. The normalized spacial score (nSPS) is 10.8. The van der Waals surface area contributed by atoms with Crippen LogP contribution in [0.5, 0.6) is 0 Å². The van der Waals surface area contributed by atoms with Gasteiger partial charge in [-0.3, -0.25) is 4.98 Å². The van der Waals surface area contributed by atoms with Crippen molar-refractivity contribution in [3.8, 4) is 11.4 Å². The maximum absolute atomic E-state index is 5.96. The fraction of sp³-hybridized carbons (Fsp3) is 0.100. The van der Waals surface area contributed by atoms with Crippen molar-refractivity contribution in [2.75, 3.05) is 17.4 Å². The molecular formula is C20H20N6. The molecule has 0 amide bonds. The number of hydrogen-bond acceptors (Lipinski definition) is 5. The number of pyridine rings is 2. The lowest BCUT2D eigenvalue weighted by molar-refractivity contribution is 0.998. The molecule has 0 spiro atoms. The van der Waals surface area contributed by atoms with Crippen LogP contribution in [0.4, 0.5) is 11.5 Å². The Hall–Kier alpha value is -3.38. The van der Waals surface area contributed by atoms with E-state index in [0.717, 1.165) is 39.4 Å². The summed E-state index contributed by atoms with van der Waals surface area (Å²) in [4.78, 5) is 12.3. The quantitative estimate of drug-likeness (QED) is 0.381. The van der Waals surface area contributed by atoms with Crippen LogP contribution in [0.15, 0.2) is 67.0 Å². The second kappa shape index (κ2) is 6.85. The van der Waals surface area contributed by atoms with Crippen LogP contribution in [0.2, 0.25) is 0 Å². The third-order valence-electron chi connectivity index (χ3n) is 4.26. The molecule has 0 aliphatic carbocycles. The molecule has 0 atom stereocenters. The van der Waals surface area contributed by atoms with Gasteiger partial charge >= 0.3 is 0 Å². The number of nitrogens with zero attached hydrogens (tertiary/aromatic N) is 3. The Morgan fingerprint density at radius 2 is 2.04 bits per heavy atom. The van der Waals surface area contributed by atoms with Crippen LogP contribution >= 0.6 is 0 Å². The molecule has 3 heterocycles. The van der Waals surface area contributed by atoms with Crippen molar-refractivity contribution < 1.29 is 0 Å². The summed E-state index contributed by atoms with van der Waals surface area (Å²) in [5.74, 6) is 6.71. The van der Waals surface area contributed by atoms with Crippen LogP contribution in [0.25, 0.3) is 22.3 Å². The Morgan fingerprint density at radius 1 is 1.12 bits per heavy atom. The minimum atomic E-state index is 0.646. The van der Waals surface area contributed by atoms with Gasteiger partial charge in [-0.05, 0) is 48.0 Å². The molecule has 4 rings (SSSR count). The topological polar surface area (TPSA) is 82.9 Å². The maximum atomic E-state index is 5.96. The van der Waals surface area contributed by atoms with Crippen LogP contribution in [0.1, 0.15) is 5.56 Å². The van der Waals surface area contributed by atoms with Gasteiger partial charge in [0, 0.05) is 31.4 Å². The summed E-state index contributed by atoms with van der Waals surface area (Å²) in [5.41, 5.74) is 4.82. The molecule has 0 unspecified atom stereocenters. The number of aromatic amines is 1. The van der Waals surface area contributed by atoms with Gasteiger partial charge in [-0.15, -0.1) is 0 Å². The van der Waals surface area contributed by atoms with E-state index >= 15 is 0 Å². The summed E-state index contributed by atoms with van der Waals surface area (Å²) in [5, 5.41) is 6.10. The highest BCUT2D eigenvalue weighted by Gasteiger charge is 2.10. The highest BCUT2D eigenvalue weighted by molar-refractivity contribution is 5.79. The third kappa shape index (κ3) is 3.22. The van der Waals surface area contributed by atoms with Gasteiger partial charge in [0.05, 0.1) is 22.6 Å². The lowest BCUT2D eigenvalue weighted by Crippen LogP contribution is -2.26. The Bertz CT molecular complexity index is 1020. The van der Waals surface area contributed by atoms with Gasteiger partial charge in [-0.1, -0.05) is 12.1 Å². The second-order valence-corrected chi connectivity index (χ2v) is 6.14. The van der Waals surface area contributed by atoms with E-state index < -0.39 is 0 Å². The highest BCUT2D eigenvalue weighted by Crippen LogP contribution is 2.26. The summed E-state index contributed by atoms with van der Waals surface area (Å²) >= 11 is 0. The first kappa shape index (κ1) is 16.1. The number of nitrogens with one attached hydrogen (secondary N) is 2. The standard InChI is InChI=1S/C20H20N6/c1-26(21)19-9-8-18(17-5-3-11-23-17)25-20(19)24-13-14-6-7-16-15(12-14)4-2-10-22-16/h2-12,23H,13,21H2,1H3,(H,24,25). The van der Waals surface area contributed by atoms with Gasteiger partial charge in [0.2, 0.25) is 0 Å². The third-order valence-corrected chi connectivity index (χ3v) is 4.26. The average molecular weight is 344 g/mol. The predicted molar refractivity (Wildman–Crippen MR) is 106 cm³/mol. The second-order valence-electron chi connectivity index (χ2n) is 6.14. The van der Waals surface area contributed by atoms with E-state index in [4.69, 9.17) is 10.8 Å². The Labute approximate surface area is 151 Å². The van der Waals surface area contributed by atoms with E-state index in [1.807, 2.05) is 42.6 Å². The van der Waals surface area contributed by atoms with Gasteiger partial charge in [0.1, 0.15) is 0 Å². The van der Waals surface area contributed by atoms with Crippen molar-refractivity contribution in [3.05, 3.63) is 72.6 Å². The molecule has 130 valence electrons. The monoisotopic (exact) mass is 344 g/mol. The molecule has 3 aromatic heterocycles. The molecule has 6 nitrogen and oxygen atoms in total. The first-order valence-electron chi connectivity index (χ1n) is 8.41. The molecule has 0 aliphatic heterocycles. The van der Waals surface area contributed by atoms with Crippen LogP contribution in [-0.4, -0.2) is 22.0 Å². The maximum Gasteiger partial charge on any atom is 0.152 e. The first-order valence-corrected chi connectivity index (χ1v) is 8.41. The highest BCUT2D eigenvalue weighted by atomic mass is 15.4. The number of hydrazine groups is 1. The molecule has 0 saturated carbocycles. The fourth-order valence-corrected chi connectivity index (χ4v) is 2.93. The molecule has 0 saturated heterocycles. The largest absolute Gasteiger partial charge is 0.364 e. The zero-order valence-electron chi connectivity index (χ0n) is 14.5. The molecule has 4 N–H and O–H groups in total.